The lowest BCUT2D eigenvalue weighted by molar-refractivity contribution is -0.132. The van der Waals surface area contributed by atoms with Crippen molar-refractivity contribution in [2.45, 2.75) is 45.9 Å². The molecule has 1 aliphatic heterocycles. The lowest BCUT2D eigenvalue weighted by Crippen LogP contribution is -2.39. The maximum absolute atomic E-state index is 12.7. The number of amides is 1. The van der Waals surface area contributed by atoms with Crippen LogP contribution in [0.1, 0.15) is 42.2 Å². The molecule has 0 bridgehead atoms. The van der Waals surface area contributed by atoms with Gasteiger partial charge >= 0.3 is 0 Å². The molecule has 1 amide bonds. The Morgan fingerprint density at radius 2 is 2.19 bits per heavy atom. The van der Waals surface area contributed by atoms with Crippen LogP contribution in [0, 0.1) is 6.92 Å². The minimum Gasteiger partial charge on any atom is -0.387 e. The largest absolute Gasteiger partial charge is 0.387 e. The summed E-state index contributed by atoms with van der Waals surface area (Å²) in [5.41, 5.74) is 4.53. The molecular formula is C19H23N5O2. The lowest BCUT2D eigenvalue weighted by atomic mass is 10.1. The van der Waals surface area contributed by atoms with Crippen LogP contribution in [0.4, 0.5) is 0 Å². The lowest BCUT2D eigenvalue weighted by Gasteiger charge is -2.27. The number of hydrogen-bond donors (Lipinski definition) is 2. The number of benzene rings is 1. The average Bonchev–Trinajstić information content (AvgIpc) is 3.22. The fourth-order valence-corrected chi connectivity index (χ4v) is 3.45. The molecule has 136 valence electrons. The highest BCUT2D eigenvalue weighted by Crippen LogP contribution is 2.21. The van der Waals surface area contributed by atoms with Gasteiger partial charge in [0.1, 0.15) is 5.82 Å². The fraction of sp³-hybridized carbons (Fsp3) is 0.421. The molecule has 0 radical (unpaired) electrons. The Labute approximate surface area is 151 Å². The SMILES string of the molecule is CCC(O)c1cc2n(n1)CCN(C(=O)Cc1ccc3nc(C)[nH]c3c1)C2. The van der Waals surface area contributed by atoms with Crippen molar-refractivity contribution >= 4 is 16.9 Å². The molecule has 1 aliphatic rings. The highest BCUT2D eigenvalue weighted by atomic mass is 16.3. The van der Waals surface area contributed by atoms with E-state index in [2.05, 4.69) is 15.1 Å². The molecule has 1 aromatic carbocycles. The van der Waals surface area contributed by atoms with Crippen LogP contribution in [0.3, 0.4) is 0 Å². The normalized spacial score (nSPS) is 15.3. The van der Waals surface area contributed by atoms with Gasteiger partial charge in [0.25, 0.3) is 0 Å². The Bertz CT molecular complexity index is 958. The van der Waals surface area contributed by atoms with E-state index in [0.717, 1.165) is 28.1 Å². The van der Waals surface area contributed by atoms with E-state index in [-0.39, 0.29) is 5.91 Å². The summed E-state index contributed by atoms with van der Waals surface area (Å²) < 4.78 is 1.90. The number of aliphatic hydroxyl groups excluding tert-OH is 1. The molecule has 3 heterocycles. The van der Waals surface area contributed by atoms with Gasteiger partial charge in [-0.2, -0.15) is 5.10 Å². The van der Waals surface area contributed by atoms with Crippen LogP contribution >= 0.6 is 0 Å². The van der Waals surface area contributed by atoms with Gasteiger partial charge in [-0.1, -0.05) is 13.0 Å². The minimum atomic E-state index is -0.540. The number of fused-ring (bicyclic) bond motifs is 2. The van der Waals surface area contributed by atoms with E-state index < -0.39 is 6.10 Å². The van der Waals surface area contributed by atoms with E-state index in [1.165, 1.54) is 0 Å². The highest BCUT2D eigenvalue weighted by molar-refractivity contribution is 5.82. The zero-order chi connectivity index (χ0) is 18.3. The first-order chi connectivity index (χ1) is 12.5. The Kier molecular flexibility index (Phi) is 4.24. The van der Waals surface area contributed by atoms with Crippen LogP contribution in [0.5, 0.6) is 0 Å². The van der Waals surface area contributed by atoms with Gasteiger partial charge in [-0.25, -0.2) is 4.98 Å². The maximum Gasteiger partial charge on any atom is 0.227 e. The van der Waals surface area contributed by atoms with Gasteiger partial charge in [0, 0.05) is 6.54 Å². The van der Waals surface area contributed by atoms with Crippen molar-refractivity contribution in [3.8, 4) is 0 Å². The number of aliphatic hydroxyl groups is 1. The number of aryl methyl sites for hydroxylation is 1. The number of aromatic amines is 1. The van der Waals surface area contributed by atoms with Crippen LogP contribution in [0.25, 0.3) is 11.0 Å². The zero-order valence-corrected chi connectivity index (χ0v) is 15.1. The topological polar surface area (TPSA) is 87.0 Å². The van der Waals surface area contributed by atoms with Gasteiger partial charge in [-0.05, 0) is 37.1 Å². The van der Waals surface area contributed by atoms with Crippen molar-refractivity contribution in [3.05, 3.63) is 47.0 Å². The molecule has 2 aromatic heterocycles. The number of rotatable bonds is 4. The molecule has 7 nitrogen and oxygen atoms in total. The van der Waals surface area contributed by atoms with E-state index in [9.17, 15) is 9.90 Å². The monoisotopic (exact) mass is 353 g/mol. The van der Waals surface area contributed by atoms with Crippen molar-refractivity contribution in [3.63, 3.8) is 0 Å². The van der Waals surface area contributed by atoms with Gasteiger partial charge in [0.15, 0.2) is 0 Å². The highest BCUT2D eigenvalue weighted by Gasteiger charge is 2.23. The van der Waals surface area contributed by atoms with E-state index in [1.54, 1.807) is 0 Å². The summed E-state index contributed by atoms with van der Waals surface area (Å²) in [7, 11) is 0. The Morgan fingerprint density at radius 1 is 1.35 bits per heavy atom. The molecule has 0 fully saturated rings. The molecule has 1 atom stereocenters. The summed E-state index contributed by atoms with van der Waals surface area (Å²) in [6.07, 6.45) is 0.461. The molecular weight excluding hydrogens is 330 g/mol. The fourth-order valence-electron chi connectivity index (χ4n) is 3.45. The van der Waals surface area contributed by atoms with Crippen molar-refractivity contribution < 1.29 is 9.90 Å². The summed E-state index contributed by atoms with van der Waals surface area (Å²) in [6, 6.07) is 7.82. The predicted octanol–water partition coefficient (Wildman–Crippen LogP) is 2.10. The molecule has 0 spiro atoms. The third kappa shape index (κ3) is 3.10. The second-order valence-corrected chi connectivity index (χ2v) is 6.87. The molecule has 0 aliphatic carbocycles. The van der Waals surface area contributed by atoms with Crippen LogP contribution in [0.2, 0.25) is 0 Å². The molecule has 4 rings (SSSR count). The summed E-state index contributed by atoms with van der Waals surface area (Å²) >= 11 is 0. The summed E-state index contributed by atoms with van der Waals surface area (Å²) in [4.78, 5) is 22.2. The van der Waals surface area contributed by atoms with Crippen molar-refractivity contribution in [2.24, 2.45) is 0 Å². The summed E-state index contributed by atoms with van der Waals surface area (Å²) in [5.74, 6) is 0.975. The Morgan fingerprint density at radius 3 is 3.00 bits per heavy atom. The number of carbonyl (C=O) groups excluding carboxylic acids is 1. The number of nitrogens with zero attached hydrogens (tertiary/aromatic N) is 4. The van der Waals surface area contributed by atoms with Crippen molar-refractivity contribution in [2.75, 3.05) is 6.54 Å². The zero-order valence-electron chi connectivity index (χ0n) is 15.1. The molecule has 7 heteroatoms. The second-order valence-electron chi connectivity index (χ2n) is 6.87. The number of carbonyl (C=O) groups is 1. The van der Waals surface area contributed by atoms with Gasteiger partial charge in [0.05, 0.1) is 48.0 Å². The number of aromatic nitrogens is 4. The smallest absolute Gasteiger partial charge is 0.227 e. The standard InChI is InChI=1S/C19H23N5O2/c1-3-18(25)17-10-14-11-23(6-7-24(14)22-17)19(26)9-13-4-5-15-16(8-13)21-12(2)20-15/h4-5,8,10,18,25H,3,6-7,9,11H2,1-2H3,(H,20,21). The number of H-pyrrole nitrogens is 1. The maximum atomic E-state index is 12.7. The summed E-state index contributed by atoms with van der Waals surface area (Å²) in [5, 5.41) is 14.4. The van der Waals surface area contributed by atoms with Crippen molar-refractivity contribution in [1.29, 1.82) is 0 Å². The Balaban J connectivity index is 1.47. The van der Waals surface area contributed by atoms with E-state index in [1.807, 2.05) is 47.7 Å². The van der Waals surface area contributed by atoms with Gasteiger partial charge < -0.3 is 15.0 Å². The van der Waals surface area contributed by atoms with Gasteiger partial charge in [-0.15, -0.1) is 0 Å². The first-order valence-corrected chi connectivity index (χ1v) is 9.01. The van der Waals surface area contributed by atoms with Crippen molar-refractivity contribution in [1.82, 2.24) is 24.6 Å². The quantitative estimate of drug-likeness (QED) is 0.752. The first kappa shape index (κ1) is 16.8. The molecule has 3 aromatic rings. The molecule has 1 unspecified atom stereocenters. The molecule has 0 saturated heterocycles. The van der Waals surface area contributed by atoms with Crippen LogP contribution in [0.15, 0.2) is 24.3 Å². The minimum absolute atomic E-state index is 0.102. The van der Waals surface area contributed by atoms with E-state index >= 15 is 0 Å². The van der Waals surface area contributed by atoms with E-state index in [4.69, 9.17) is 0 Å². The van der Waals surface area contributed by atoms with E-state index in [0.29, 0.717) is 38.2 Å². The molecule has 26 heavy (non-hydrogen) atoms. The first-order valence-electron chi connectivity index (χ1n) is 9.01. The average molecular weight is 353 g/mol. The third-order valence-electron chi connectivity index (χ3n) is 4.92. The number of imidazole rings is 1. The van der Waals surface area contributed by atoms with Gasteiger partial charge in [0.2, 0.25) is 5.91 Å². The summed E-state index contributed by atoms with van der Waals surface area (Å²) in [6.45, 7) is 5.69. The predicted molar refractivity (Wildman–Crippen MR) is 97.4 cm³/mol. The van der Waals surface area contributed by atoms with Crippen LogP contribution in [-0.4, -0.2) is 42.2 Å². The second kappa shape index (κ2) is 6.57. The van der Waals surface area contributed by atoms with Gasteiger partial charge in [-0.3, -0.25) is 9.48 Å². The molecule has 2 N–H and O–H groups in total. The third-order valence-corrected chi connectivity index (χ3v) is 4.92. The molecule has 0 saturated carbocycles. The van der Waals surface area contributed by atoms with Crippen LogP contribution in [-0.2, 0) is 24.3 Å². The number of hydrogen-bond acceptors (Lipinski definition) is 4. The van der Waals surface area contributed by atoms with Crippen LogP contribution < -0.4 is 0 Å². The Hall–Kier alpha value is -2.67. The number of nitrogens with one attached hydrogen (secondary N) is 1.